The van der Waals surface area contributed by atoms with E-state index < -0.39 is 0 Å². The van der Waals surface area contributed by atoms with Crippen LogP contribution in [-0.2, 0) is 16.1 Å². The molecule has 0 fully saturated rings. The second-order valence-corrected chi connectivity index (χ2v) is 7.81. The highest BCUT2D eigenvalue weighted by Crippen LogP contribution is 2.24. The molecule has 2 heterocycles. The van der Waals surface area contributed by atoms with E-state index in [2.05, 4.69) is 10.5 Å². The third kappa shape index (κ3) is 6.13. The van der Waals surface area contributed by atoms with Gasteiger partial charge in [-0.3, -0.25) is 9.59 Å². The van der Waals surface area contributed by atoms with Crippen LogP contribution in [0, 0.1) is 6.92 Å². The summed E-state index contributed by atoms with van der Waals surface area (Å²) in [4.78, 5) is 25.7. The number of aryl methyl sites for hydroxylation is 1. The second-order valence-electron chi connectivity index (χ2n) is 6.39. The highest BCUT2D eigenvalue weighted by atomic mass is 35.5. The van der Waals surface area contributed by atoms with Crippen LogP contribution in [-0.4, -0.2) is 40.4 Å². The molecule has 29 heavy (non-hydrogen) atoms. The van der Waals surface area contributed by atoms with E-state index in [1.54, 1.807) is 37.1 Å². The van der Waals surface area contributed by atoms with Crippen LogP contribution in [0.1, 0.15) is 11.5 Å². The van der Waals surface area contributed by atoms with Crippen LogP contribution in [0.25, 0.3) is 11.3 Å². The molecule has 0 radical (unpaired) electrons. The monoisotopic (exact) mass is 433 g/mol. The van der Waals surface area contributed by atoms with Crippen molar-refractivity contribution in [2.45, 2.75) is 13.5 Å². The maximum absolute atomic E-state index is 12.3. The van der Waals surface area contributed by atoms with Gasteiger partial charge in [0.2, 0.25) is 11.8 Å². The fourth-order valence-corrected chi connectivity index (χ4v) is 3.38. The Bertz CT molecular complexity index is 984. The predicted molar refractivity (Wildman–Crippen MR) is 113 cm³/mol. The fraction of sp³-hybridized carbons (Fsp3) is 0.250. The van der Waals surface area contributed by atoms with Gasteiger partial charge in [0, 0.05) is 23.7 Å². The van der Waals surface area contributed by atoms with Gasteiger partial charge in [-0.25, -0.2) is 0 Å². The van der Waals surface area contributed by atoms with Gasteiger partial charge in [-0.05, 0) is 43.3 Å². The molecule has 1 aromatic carbocycles. The largest absolute Gasteiger partial charge is 0.459 e. The normalized spacial score (nSPS) is 10.7. The van der Waals surface area contributed by atoms with E-state index in [1.807, 2.05) is 24.3 Å². The zero-order valence-electron chi connectivity index (χ0n) is 16.0. The Morgan fingerprint density at radius 3 is 2.62 bits per heavy atom. The van der Waals surface area contributed by atoms with Gasteiger partial charge in [-0.1, -0.05) is 16.8 Å². The van der Waals surface area contributed by atoms with Gasteiger partial charge in [0.15, 0.2) is 5.82 Å². The van der Waals surface area contributed by atoms with Crippen molar-refractivity contribution in [1.82, 2.24) is 10.1 Å². The summed E-state index contributed by atoms with van der Waals surface area (Å²) in [7, 11) is 1.70. The SMILES string of the molecule is Cc1cc(NC(=O)CSCC(=O)N(C)Cc2ccc(-c3ccc(Cl)cc3)o2)no1. The van der Waals surface area contributed by atoms with Crippen molar-refractivity contribution < 1.29 is 18.5 Å². The lowest BCUT2D eigenvalue weighted by Gasteiger charge is -2.15. The number of nitrogens with zero attached hydrogens (tertiary/aromatic N) is 2. The van der Waals surface area contributed by atoms with Crippen LogP contribution in [0.15, 0.2) is 51.4 Å². The van der Waals surface area contributed by atoms with E-state index in [-0.39, 0.29) is 23.3 Å². The van der Waals surface area contributed by atoms with Crippen molar-refractivity contribution in [3.8, 4) is 11.3 Å². The van der Waals surface area contributed by atoms with Crippen LogP contribution in [0.3, 0.4) is 0 Å². The Hall–Kier alpha value is -2.71. The Balaban J connectivity index is 1.43. The molecule has 0 saturated heterocycles. The van der Waals surface area contributed by atoms with E-state index in [0.29, 0.717) is 34.7 Å². The van der Waals surface area contributed by atoms with E-state index in [4.69, 9.17) is 20.5 Å². The Labute approximate surface area is 177 Å². The number of hydrogen-bond donors (Lipinski definition) is 1. The third-order valence-electron chi connectivity index (χ3n) is 3.96. The Morgan fingerprint density at radius 1 is 1.17 bits per heavy atom. The number of thioether (sulfide) groups is 1. The quantitative estimate of drug-likeness (QED) is 0.572. The predicted octanol–water partition coefficient (Wildman–Crippen LogP) is 4.23. The van der Waals surface area contributed by atoms with Gasteiger partial charge in [0.05, 0.1) is 18.1 Å². The molecule has 1 N–H and O–H groups in total. The summed E-state index contributed by atoms with van der Waals surface area (Å²) in [5.41, 5.74) is 0.915. The third-order valence-corrected chi connectivity index (χ3v) is 5.13. The minimum absolute atomic E-state index is 0.0930. The van der Waals surface area contributed by atoms with Crippen molar-refractivity contribution >= 4 is 41.0 Å². The maximum Gasteiger partial charge on any atom is 0.235 e. The highest BCUT2D eigenvalue weighted by Gasteiger charge is 2.14. The molecule has 0 spiro atoms. The molecule has 152 valence electrons. The van der Waals surface area contributed by atoms with Crippen LogP contribution in [0.5, 0.6) is 0 Å². The van der Waals surface area contributed by atoms with E-state index in [1.165, 1.54) is 11.8 Å². The highest BCUT2D eigenvalue weighted by molar-refractivity contribution is 8.00. The van der Waals surface area contributed by atoms with Crippen LogP contribution >= 0.6 is 23.4 Å². The van der Waals surface area contributed by atoms with Crippen molar-refractivity contribution in [1.29, 1.82) is 0 Å². The summed E-state index contributed by atoms with van der Waals surface area (Å²) in [6.45, 7) is 2.08. The summed E-state index contributed by atoms with van der Waals surface area (Å²) in [5, 5.41) is 6.97. The lowest BCUT2D eigenvalue weighted by atomic mass is 10.2. The molecule has 0 bridgehead atoms. The number of nitrogens with one attached hydrogen (secondary N) is 1. The Morgan fingerprint density at radius 2 is 1.93 bits per heavy atom. The second kappa shape index (κ2) is 9.67. The smallest absolute Gasteiger partial charge is 0.235 e. The lowest BCUT2D eigenvalue weighted by Crippen LogP contribution is -2.28. The number of rotatable bonds is 8. The molecule has 2 aromatic heterocycles. The summed E-state index contributed by atoms with van der Waals surface area (Å²) >= 11 is 7.13. The van der Waals surface area contributed by atoms with Gasteiger partial charge in [0.1, 0.15) is 17.3 Å². The van der Waals surface area contributed by atoms with Gasteiger partial charge >= 0.3 is 0 Å². The van der Waals surface area contributed by atoms with Gasteiger partial charge in [-0.15, -0.1) is 11.8 Å². The average molecular weight is 434 g/mol. The average Bonchev–Trinajstić information content (AvgIpc) is 3.31. The topological polar surface area (TPSA) is 88.6 Å². The summed E-state index contributed by atoms with van der Waals surface area (Å²) < 4.78 is 10.7. The van der Waals surface area contributed by atoms with E-state index in [0.717, 1.165) is 5.56 Å². The zero-order valence-corrected chi connectivity index (χ0v) is 17.5. The number of carbonyl (C=O) groups excluding carboxylic acids is 2. The van der Waals surface area contributed by atoms with E-state index in [9.17, 15) is 9.59 Å². The molecular formula is C20H20ClN3O4S. The molecule has 0 unspecified atom stereocenters. The molecule has 3 rings (SSSR count). The number of benzene rings is 1. The minimum Gasteiger partial charge on any atom is -0.459 e. The molecule has 0 aliphatic rings. The minimum atomic E-state index is -0.239. The standard InChI is InChI=1S/C20H20ClN3O4S/c1-13-9-18(23-28-13)22-19(25)11-29-12-20(26)24(2)10-16-7-8-17(27-16)14-3-5-15(21)6-4-14/h3-9H,10-12H2,1-2H3,(H,22,23,25). The first-order valence-electron chi connectivity index (χ1n) is 8.80. The fourth-order valence-electron chi connectivity index (χ4n) is 2.50. The van der Waals surface area contributed by atoms with Gasteiger partial charge in [-0.2, -0.15) is 0 Å². The summed E-state index contributed by atoms with van der Waals surface area (Å²) in [6.07, 6.45) is 0. The summed E-state index contributed by atoms with van der Waals surface area (Å²) in [5.74, 6) is 2.37. The maximum atomic E-state index is 12.3. The molecule has 7 nitrogen and oxygen atoms in total. The molecule has 2 amide bonds. The van der Waals surface area contributed by atoms with Gasteiger partial charge in [0.25, 0.3) is 0 Å². The molecule has 3 aromatic rings. The number of furan rings is 1. The van der Waals surface area contributed by atoms with Crippen LogP contribution in [0.2, 0.25) is 5.02 Å². The molecule has 0 atom stereocenters. The number of amides is 2. The number of aromatic nitrogens is 1. The molecule has 0 aliphatic heterocycles. The van der Waals surface area contributed by atoms with Crippen molar-refractivity contribution in [2.24, 2.45) is 0 Å². The molecular weight excluding hydrogens is 414 g/mol. The lowest BCUT2D eigenvalue weighted by molar-refractivity contribution is -0.127. The first-order chi connectivity index (χ1) is 13.9. The van der Waals surface area contributed by atoms with Crippen molar-refractivity contribution in [3.05, 3.63) is 59.0 Å². The molecule has 0 aliphatic carbocycles. The number of carbonyl (C=O) groups is 2. The Kier molecular flexibility index (Phi) is 7.00. The number of halogens is 1. The van der Waals surface area contributed by atoms with Gasteiger partial charge < -0.3 is 19.2 Å². The number of anilines is 1. The first-order valence-corrected chi connectivity index (χ1v) is 10.3. The zero-order chi connectivity index (χ0) is 20.8. The molecule has 0 saturated carbocycles. The number of hydrogen-bond acceptors (Lipinski definition) is 6. The first kappa shape index (κ1) is 21.0. The molecule has 9 heteroatoms. The summed E-state index contributed by atoms with van der Waals surface area (Å²) in [6, 6.07) is 12.7. The van der Waals surface area contributed by atoms with E-state index >= 15 is 0 Å². The van der Waals surface area contributed by atoms with Crippen molar-refractivity contribution in [3.63, 3.8) is 0 Å². The van der Waals surface area contributed by atoms with Crippen LogP contribution < -0.4 is 5.32 Å². The van der Waals surface area contributed by atoms with Crippen molar-refractivity contribution in [2.75, 3.05) is 23.9 Å². The van der Waals surface area contributed by atoms with Crippen LogP contribution in [0.4, 0.5) is 5.82 Å².